The SMILES string of the molecule is CC(C)(C)OC(=O)N1C[C@H](F)C[C@H]1[C@H](O)Cc1cccc(Br)n1. The summed E-state index contributed by atoms with van der Waals surface area (Å²) in [5.74, 6) is 0. The number of likely N-dealkylation sites (tertiary alicyclic amines) is 1. The molecular formula is C16H22BrFN2O3. The third-order valence-electron chi connectivity index (χ3n) is 3.56. The standard InChI is InChI=1S/C16H22BrFN2O3/c1-16(2,3)23-15(22)20-9-10(18)7-12(20)13(21)8-11-5-4-6-14(17)19-11/h4-6,10,12-13,21H,7-9H2,1-3H3/t10-,12+,13-/m1/s1. The van der Waals surface area contributed by atoms with Crippen LogP contribution in [0.5, 0.6) is 0 Å². The maximum absolute atomic E-state index is 13.8. The fraction of sp³-hybridized carbons (Fsp3) is 0.625. The van der Waals surface area contributed by atoms with Crippen molar-refractivity contribution in [2.75, 3.05) is 6.54 Å². The van der Waals surface area contributed by atoms with Gasteiger partial charge in [-0.3, -0.25) is 4.90 Å². The van der Waals surface area contributed by atoms with Gasteiger partial charge < -0.3 is 9.84 Å². The summed E-state index contributed by atoms with van der Waals surface area (Å²) < 4.78 is 19.8. The number of carbonyl (C=O) groups excluding carboxylic acids is 1. The number of alkyl halides is 1. The molecule has 1 amide bonds. The zero-order chi connectivity index (χ0) is 17.2. The quantitative estimate of drug-likeness (QED) is 0.808. The van der Waals surface area contributed by atoms with Crippen LogP contribution in [0.4, 0.5) is 9.18 Å². The number of aliphatic hydroxyl groups is 1. The van der Waals surface area contributed by atoms with Crippen LogP contribution in [0.1, 0.15) is 32.9 Å². The van der Waals surface area contributed by atoms with Crippen LogP contribution in [0.15, 0.2) is 22.8 Å². The average molecular weight is 389 g/mol. The van der Waals surface area contributed by atoms with E-state index in [1.165, 1.54) is 4.90 Å². The monoisotopic (exact) mass is 388 g/mol. The summed E-state index contributed by atoms with van der Waals surface area (Å²) in [6, 6.07) is 4.78. The summed E-state index contributed by atoms with van der Waals surface area (Å²) >= 11 is 3.28. The van der Waals surface area contributed by atoms with Gasteiger partial charge in [0.15, 0.2) is 0 Å². The number of nitrogens with zero attached hydrogens (tertiary/aromatic N) is 2. The minimum absolute atomic E-state index is 0.0530. The fourth-order valence-corrected chi connectivity index (χ4v) is 3.00. The highest BCUT2D eigenvalue weighted by atomic mass is 79.9. The Labute approximate surface area is 144 Å². The third kappa shape index (κ3) is 5.14. The van der Waals surface area contributed by atoms with Gasteiger partial charge in [-0.05, 0) is 48.8 Å². The Kier molecular flexibility index (Phi) is 5.62. The number of aromatic nitrogens is 1. The lowest BCUT2D eigenvalue weighted by Gasteiger charge is -2.30. The smallest absolute Gasteiger partial charge is 0.410 e. The number of hydrogen-bond donors (Lipinski definition) is 1. The maximum atomic E-state index is 13.8. The van der Waals surface area contributed by atoms with E-state index >= 15 is 0 Å². The van der Waals surface area contributed by atoms with E-state index < -0.39 is 30.0 Å². The van der Waals surface area contributed by atoms with Crippen molar-refractivity contribution < 1.29 is 19.0 Å². The largest absolute Gasteiger partial charge is 0.444 e. The predicted octanol–water partition coefficient (Wildman–Crippen LogP) is 3.10. The van der Waals surface area contributed by atoms with Crippen molar-refractivity contribution in [3.05, 3.63) is 28.5 Å². The molecule has 5 nitrogen and oxygen atoms in total. The van der Waals surface area contributed by atoms with Crippen molar-refractivity contribution in [1.29, 1.82) is 0 Å². The van der Waals surface area contributed by atoms with Crippen LogP contribution >= 0.6 is 15.9 Å². The highest BCUT2D eigenvalue weighted by Crippen LogP contribution is 2.26. The van der Waals surface area contributed by atoms with Crippen LogP contribution in [0.3, 0.4) is 0 Å². The molecule has 0 bridgehead atoms. The zero-order valence-electron chi connectivity index (χ0n) is 13.5. The lowest BCUT2D eigenvalue weighted by Crippen LogP contribution is -2.45. The first-order valence-electron chi connectivity index (χ1n) is 7.59. The first-order valence-corrected chi connectivity index (χ1v) is 8.38. The lowest BCUT2D eigenvalue weighted by atomic mass is 10.0. The van der Waals surface area contributed by atoms with Gasteiger partial charge in [-0.15, -0.1) is 0 Å². The Morgan fingerprint density at radius 2 is 2.26 bits per heavy atom. The van der Waals surface area contributed by atoms with Crippen molar-refractivity contribution in [3.63, 3.8) is 0 Å². The fourth-order valence-electron chi connectivity index (χ4n) is 2.62. The van der Waals surface area contributed by atoms with Crippen LogP contribution in [-0.4, -0.2) is 51.5 Å². The molecule has 0 unspecified atom stereocenters. The normalized spacial score (nSPS) is 23.0. The molecule has 0 radical (unpaired) electrons. The second kappa shape index (κ2) is 7.13. The van der Waals surface area contributed by atoms with Gasteiger partial charge in [0.2, 0.25) is 0 Å². The molecule has 2 heterocycles. The van der Waals surface area contributed by atoms with E-state index in [0.29, 0.717) is 10.3 Å². The van der Waals surface area contributed by atoms with Gasteiger partial charge in [0, 0.05) is 18.5 Å². The molecule has 1 aromatic heterocycles. The highest BCUT2D eigenvalue weighted by molar-refractivity contribution is 9.10. The summed E-state index contributed by atoms with van der Waals surface area (Å²) in [7, 11) is 0. The number of ether oxygens (including phenoxy) is 1. The molecular weight excluding hydrogens is 367 g/mol. The van der Waals surface area contributed by atoms with Crippen LogP contribution in [-0.2, 0) is 11.2 Å². The highest BCUT2D eigenvalue weighted by Gasteiger charge is 2.41. The molecule has 0 saturated carbocycles. The van der Waals surface area contributed by atoms with Crippen LogP contribution in [0, 0.1) is 0 Å². The Morgan fingerprint density at radius 3 is 2.87 bits per heavy atom. The average Bonchev–Trinajstić information content (AvgIpc) is 2.79. The minimum atomic E-state index is -1.15. The van der Waals surface area contributed by atoms with Gasteiger partial charge >= 0.3 is 6.09 Å². The van der Waals surface area contributed by atoms with E-state index in [-0.39, 0.29) is 19.4 Å². The number of rotatable bonds is 3. The Morgan fingerprint density at radius 1 is 1.57 bits per heavy atom. The molecule has 1 aliphatic rings. The topological polar surface area (TPSA) is 62.7 Å². The van der Waals surface area contributed by atoms with E-state index in [0.717, 1.165) is 0 Å². The molecule has 1 aliphatic heterocycles. The molecule has 0 aliphatic carbocycles. The van der Waals surface area contributed by atoms with E-state index in [9.17, 15) is 14.3 Å². The van der Waals surface area contributed by atoms with Crippen LogP contribution < -0.4 is 0 Å². The molecule has 3 atom stereocenters. The van der Waals surface area contributed by atoms with Crippen molar-refractivity contribution >= 4 is 22.0 Å². The summed E-state index contributed by atoms with van der Waals surface area (Å²) in [4.78, 5) is 17.8. The third-order valence-corrected chi connectivity index (χ3v) is 4.00. The molecule has 1 fully saturated rings. The molecule has 7 heteroatoms. The number of halogens is 2. The Balaban J connectivity index is 2.07. The minimum Gasteiger partial charge on any atom is -0.444 e. The lowest BCUT2D eigenvalue weighted by molar-refractivity contribution is 0.00497. The van der Waals surface area contributed by atoms with E-state index in [1.807, 2.05) is 6.07 Å². The Bertz CT molecular complexity index is 565. The summed E-state index contributed by atoms with van der Waals surface area (Å²) in [5.41, 5.74) is 0.0191. The first-order chi connectivity index (χ1) is 10.7. The van der Waals surface area contributed by atoms with Crippen molar-refractivity contribution in [1.82, 2.24) is 9.88 Å². The molecule has 2 rings (SSSR count). The molecule has 1 N–H and O–H groups in total. The van der Waals surface area contributed by atoms with E-state index in [4.69, 9.17) is 4.74 Å². The van der Waals surface area contributed by atoms with Crippen molar-refractivity contribution in [2.24, 2.45) is 0 Å². The molecule has 1 aromatic rings. The second-order valence-electron chi connectivity index (χ2n) is 6.76. The molecule has 0 aromatic carbocycles. The van der Waals surface area contributed by atoms with Gasteiger partial charge in [-0.2, -0.15) is 0 Å². The number of hydrogen-bond acceptors (Lipinski definition) is 4. The number of aliphatic hydroxyl groups excluding tert-OH is 1. The molecule has 0 spiro atoms. The summed E-state index contributed by atoms with van der Waals surface area (Å²) in [6.45, 7) is 5.21. The predicted molar refractivity (Wildman–Crippen MR) is 87.9 cm³/mol. The number of carbonyl (C=O) groups is 1. The summed E-state index contributed by atoms with van der Waals surface area (Å²) in [6.07, 6.45) is -2.29. The first kappa shape index (κ1) is 18.1. The van der Waals surface area contributed by atoms with Gasteiger partial charge in [0.1, 0.15) is 16.4 Å². The Hall–Kier alpha value is -1.21. The van der Waals surface area contributed by atoms with Gasteiger partial charge in [0.25, 0.3) is 0 Å². The zero-order valence-corrected chi connectivity index (χ0v) is 15.1. The van der Waals surface area contributed by atoms with Crippen molar-refractivity contribution in [3.8, 4) is 0 Å². The van der Waals surface area contributed by atoms with Crippen molar-refractivity contribution in [2.45, 2.75) is 57.5 Å². The second-order valence-corrected chi connectivity index (χ2v) is 7.57. The van der Waals surface area contributed by atoms with E-state index in [2.05, 4.69) is 20.9 Å². The molecule has 128 valence electrons. The number of pyridine rings is 1. The molecule has 23 heavy (non-hydrogen) atoms. The summed E-state index contributed by atoms with van der Waals surface area (Å²) in [5, 5.41) is 10.5. The molecule has 1 saturated heterocycles. The van der Waals surface area contributed by atoms with Crippen LogP contribution in [0.2, 0.25) is 0 Å². The van der Waals surface area contributed by atoms with Gasteiger partial charge in [0.05, 0.1) is 18.7 Å². The maximum Gasteiger partial charge on any atom is 0.410 e. The van der Waals surface area contributed by atoms with E-state index in [1.54, 1.807) is 32.9 Å². The van der Waals surface area contributed by atoms with Gasteiger partial charge in [-0.25, -0.2) is 14.2 Å². The van der Waals surface area contributed by atoms with Gasteiger partial charge in [-0.1, -0.05) is 6.07 Å². The van der Waals surface area contributed by atoms with Crippen LogP contribution in [0.25, 0.3) is 0 Å². The number of amides is 1.